The molecular weight excluding hydrogens is 312 g/mol. The van der Waals surface area contributed by atoms with E-state index in [1.165, 1.54) is 5.56 Å². The lowest BCUT2D eigenvalue weighted by Crippen LogP contribution is -2.46. The maximum atomic E-state index is 9.29. The van der Waals surface area contributed by atoms with Crippen LogP contribution < -0.4 is 4.90 Å². The van der Waals surface area contributed by atoms with Crippen molar-refractivity contribution in [2.45, 2.75) is 20.4 Å². The maximum Gasteiger partial charge on any atom is 0.138 e. The largest absolute Gasteiger partial charge is 0.368 e. The Morgan fingerprint density at radius 2 is 2.00 bits per heavy atom. The molecule has 23 heavy (non-hydrogen) atoms. The predicted octanol–water partition coefficient (Wildman–Crippen LogP) is 3.14. The number of nitriles is 1. The molecule has 0 amide bonds. The average molecular weight is 331 g/mol. The van der Waals surface area contributed by atoms with Crippen molar-refractivity contribution in [2.24, 2.45) is 0 Å². The van der Waals surface area contributed by atoms with Crippen LogP contribution in [0.2, 0.25) is 5.02 Å². The fourth-order valence-corrected chi connectivity index (χ4v) is 3.14. The Morgan fingerprint density at radius 3 is 2.61 bits per heavy atom. The van der Waals surface area contributed by atoms with Gasteiger partial charge in [0.25, 0.3) is 0 Å². The molecule has 0 N–H and O–H groups in total. The highest BCUT2D eigenvalue weighted by Crippen LogP contribution is 2.25. The van der Waals surface area contributed by atoms with E-state index >= 15 is 0 Å². The highest BCUT2D eigenvalue weighted by atomic mass is 35.5. The lowest BCUT2D eigenvalue weighted by molar-refractivity contribution is 0.248. The van der Waals surface area contributed by atoms with E-state index in [0.29, 0.717) is 10.6 Å². The van der Waals surface area contributed by atoms with Crippen LogP contribution in [-0.2, 0) is 6.54 Å². The van der Waals surface area contributed by atoms with Gasteiger partial charge in [0.05, 0.1) is 16.9 Å². The van der Waals surface area contributed by atoms with E-state index in [-0.39, 0.29) is 0 Å². The fourth-order valence-electron chi connectivity index (χ4n) is 2.97. The molecule has 1 aliphatic rings. The number of rotatable bonds is 3. The molecule has 120 valence electrons. The molecule has 3 rings (SSSR count). The fraction of sp³-hybridized carbons (Fsp3) is 0.412. The number of piperazine rings is 1. The third kappa shape index (κ3) is 3.34. The van der Waals surface area contributed by atoms with E-state index < -0.39 is 0 Å². The Balaban J connectivity index is 1.66. The molecule has 0 spiro atoms. The van der Waals surface area contributed by atoms with Gasteiger partial charge in [-0.1, -0.05) is 16.8 Å². The van der Waals surface area contributed by atoms with Crippen LogP contribution in [0.3, 0.4) is 0 Å². The molecular formula is C17H19ClN4O. The van der Waals surface area contributed by atoms with E-state index in [2.05, 4.69) is 21.0 Å². The number of benzene rings is 1. The quantitative estimate of drug-likeness (QED) is 0.865. The molecule has 1 aromatic carbocycles. The predicted molar refractivity (Wildman–Crippen MR) is 89.6 cm³/mol. The van der Waals surface area contributed by atoms with E-state index in [9.17, 15) is 5.26 Å². The normalized spacial score (nSPS) is 15.7. The first-order valence-corrected chi connectivity index (χ1v) is 8.05. The summed E-state index contributed by atoms with van der Waals surface area (Å²) in [4.78, 5) is 4.64. The van der Waals surface area contributed by atoms with Crippen LogP contribution >= 0.6 is 11.6 Å². The molecule has 1 aliphatic heterocycles. The van der Waals surface area contributed by atoms with Crippen LogP contribution in [-0.4, -0.2) is 36.2 Å². The van der Waals surface area contributed by atoms with E-state index in [0.717, 1.165) is 49.9 Å². The Bertz CT molecular complexity index is 722. The lowest BCUT2D eigenvalue weighted by Gasteiger charge is -2.36. The second-order valence-electron chi connectivity index (χ2n) is 5.84. The summed E-state index contributed by atoms with van der Waals surface area (Å²) in [6.45, 7) is 8.46. The highest BCUT2D eigenvalue weighted by Gasteiger charge is 2.21. The molecule has 1 saturated heterocycles. The zero-order valence-corrected chi connectivity index (χ0v) is 14.1. The van der Waals surface area contributed by atoms with Crippen LogP contribution in [0, 0.1) is 25.2 Å². The molecule has 2 aromatic rings. The van der Waals surface area contributed by atoms with Gasteiger partial charge >= 0.3 is 0 Å². The van der Waals surface area contributed by atoms with Gasteiger partial charge in [-0.25, -0.2) is 0 Å². The number of hydrogen-bond acceptors (Lipinski definition) is 5. The molecule has 0 saturated carbocycles. The molecule has 1 aromatic heterocycles. The molecule has 1 fully saturated rings. The Morgan fingerprint density at radius 1 is 1.26 bits per heavy atom. The number of hydrogen-bond donors (Lipinski definition) is 0. The lowest BCUT2D eigenvalue weighted by atomic mass is 10.1. The minimum absolute atomic E-state index is 0.599. The van der Waals surface area contributed by atoms with Crippen molar-refractivity contribution in [3.05, 3.63) is 45.8 Å². The number of aromatic nitrogens is 1. The smallest absolute Gasteiger partial charge is 0.138 e. The molecule has 0 unspecified atom stereocenters. The molecule has 0 aliphatic carbocycles. The third-order valence-corrected chi connectivity index (χ3v) is 4.59. The first-order valence-electron chi connectivity index (χ1n) is 7.67. The van der Waals surface area contributed by atoms with Crippen LogP contribution in [0.1, 0.15) is 22.6 Å². The van der Waals surface area contributed by atoms with Crippen LogP contribution in [0.15, 0.2) is 22.7 Å². The molecule has 0 atom stereocenters. The van der Waals surface area contributed by atoms with Gasteiger partial charge < -0.3 is 9.42 Å². The van der Waals surface area contributed by atoms with Crippen molar-refractivity contribution < 1.29 is 4.52 Å². The minimum atomic E-state index is 0.599. The zero-order chi connectivity index (χ0) is 16.4. The van der Waals surface area contributed by atoms with Gasteiger partial charge in [-0.05, 0) is 32.0 Å². The third-order valence-electron chi connectivity index (χ3n) is 4.35. The summed E-state index contributed by atoms with van der Waals surface area (Å²) >= 11 is 5.97. The second-order valence-corrected chi connectivity index (χ2v) is 6.28. The average Bonchev–Trinajstić information content (AvgIpc) is 2.87. The summed E-state index contributed by atoms with van der Waals surface area (Å²) in [6, 6.07) is 7.74. The zero-order valence-electron chi connectivity index (χ0n) is 13.3. The van der Waals surface area contributed by atoms with Gasteiger partial charge in [0.2, 0.25) is 0 Å². The number of halogens is 1. The van der Waals surface area contributed by atoms with Crippen molar-refractivity contribution >= 4 is 17.3 Å². The first kappa shape index (κ1) is 15.9. The highest BCUT2D eigenvalue weighted by molar-refractivity contribution is 6.30. The number of aryl methyl sites for hydroxylation is 2. The van der Waals surface area contributed by atoms with Gasteiger partial charge in [0, 0.05) is 43.3 Å². The standard InChI is InChI=1S/C17H19ClN4O/c1-12-16(13(2)23-20-12)11-21-5-7-22(8-6-21)17-4-3-15(18)9-14(17)10-19/h3-4,9H,5-8,11H2,1-2H3. The molecule has 0 radical (unpaired) electrons. The van der Waals surface area contributed by atoms with Gasteiger partial charge in [0.1, 0.15) is 11.8 Å². The van der Waals surface area contributed by atoms with E-state index in [1.54, 1.807) is 6.07 Å². The van der Waals surface area contributed by atoms with E-state index in [4.69, 9.17) is 16.1 Å². The Kier molecular flexibility index (Phi) is 4.56. The summed E-state index contributed by atoms with van der Waals surface area (Å²) in [7, 11) is 0. The van der Waals surface area contributed by atoms with Crippen molar-refractivity contribution in [3.63, 3.8) is 0 Å². The molecule has 2 heterocycles. The minimum Gasteiger partial charge on any atom is -0.368 e. The summed E-state index contributed by atoms with van der Waals surface area (Å²) in [5.41, 5.74) is 3.75. The SMILES string of the molecule is Cc1noc(C)c1CN1CCN(c2ccc(Cl)cc2C#N)CC1. The van der Waals surface area contributed by atoms with Crippen molar-refractivity contribution in [1.82, 2.24) is 10.1 Å². The van der Waals surface area contributed by atoms with Crippen molar-refractivity contribution in [1.29, 1.82) is 5.26 Å². The second kappa shape index (κ2) is 6.61. The van der Waals surface area contributed by atoms with Crippen molar-refractivity contribution in [2.75, 3.05) is 31.1 Å². The Labute approximate surface area is 141 Å². The number of anilines is 1. The van der Waals surface area contributed by atoms with Gasteiger partial charge in [-0.15, -0.1) is 0 Å². The maximum absolute atomic E-state index is 9.29. The molecule has 5 nitrogen and oxygen atoms in total. The molecule has 0 bridgehead atoms. The summed E-state index contributed by atoms with van der Waals surface area (Å²) in [5.74, 6) is 0.898. The van der Waals surface area contributed by atoms with Crippen LogP contribution in [0.5, 0.6) is 0 Å². The summed E-state index contributed by atoms with van der Waals surface area (Å²) in [6.07, 6.45) is 0. The monoisotopic (exact) mass is 330 g/mol. The Hall–Kier alpha value is -2.03. The van der Waals surface area contributed by atoms with Crippen molar-refractivity contribution in [3.8, 4) is 6.07 Å². The van der Waals surface area contributed by atoms with Crippen LogP contribution in [0.25, 0.3) is 0 Å². The van der Waals surface area contributed by atoms with E-state index in [1.807, 2.05) is 26.0 Å². The van der Waals surface area contributed by atoms with Gasteiger partial charge in [-0.2, -0.15) is 5.26 Å². The molecule has 6 heteroatoms. The topological polar surface area (TPSA) is 56.3 Å². The summed E-state index contributed by atoms with van der Waals surface area (Å²) < 4.78 is 5.23. The first-order chi connectivity index (χ1) is 11.1. The van der Waals surface area contributed by atoms with Gasteiger partial charge in [0.15, 0.2) is 0 Å². The van der Waals surface area contributed by atoms with Crippen LogP contribution in [0.4, 0.5) is 5.69 Å². The summed E-state index contributed by atoms with van der Waals surface area (Å²) in [5, 5.41) is 13.9. The number of nitrogens with zero attached hydrogens (tertiary/aromatic N) is 4. The van der Waals surface area contributed by atoms with Gasteiger partial charge in [-0.3, -0.25) is 4.90 Å².